The Morgan fingerprint density at radius 3 is 2.30 bits per heavy atom. The van der Waals surface area contributed by atoms with Crippen LogP contribution < -0.4 is 11.2 Å². The fourth-order valence-corrected chi connectivity index (χ4v) is 4.96. The van der Waals surface area contributed by atoms with Crippen molar-refractivity contribution >= 4 is 8.53 Å². The zero-order valence-corrected chi connectivity index (χ0v) is 17.8. The molecule has 27 heavy (non-hydrogen) atoms. The SMILES string of the molecule is COC1C(OP(OC)N(C(C)C)C(C)C)[C@@H](C)O[C@H]1n1ccc(=O)[nH]c1=O. The van der Waals surface area contributed by atoms with Crippen LogP contribution in [-0.4, -0.2) is 58.8 Å². The molecule has 10 heteroatoms. The average Bonchev–Trinajstić information content (AvgIpc) is 2.88. The molecule has 5 atom stereocenters. The second-order valence-electron chi connectivity index (χ2n) is 7.01. The largest absolute Gasteiger partial charge is 0.374 e. The van der Waals surface area contributed by atoms with Gasteiger partial charge in [-0.05, 0) is 34.6 Å². The van der Waals surface area contributed by atoms with E-state index in [1.807, 2.05) is 6.92 Å². The number of ether oxygens (including phenoxy) is 2. The van der Waals surface area contributed by atoms with E-state index in [9.17, 15) is 9.59 Å². The van der Waals surface area contributed by atoms with Crippen molar-refractivity contribution in [2.75, 3.05) is 14.2 Å². The Balaban J connectivity index is 2.28. The second-order valence-corrected chi connectivity index (χ2v) is 8.52. The first-order valence-electron chi connectivity index (χ1n) is 9.00. The van der Waals surface area contributed by atoms with E-state index in [1.165, 1.54) is 16.8 Å². The predicted molar refractivity (Wildman–Crippen MR) is 103 cm³/mol. The van der Waals surface area contributed by atoms with Gasteiger partial charge in [0.25, 0.3) is 14.1 Å². The molecule has 1 aliphatic heterocycles. The van der Waals surface area contributed by atoms with Gasteiger partial charge in [-0.15, -0.1) is 0 Å². The molecular weight excluding hydrogens is 373 g/mol. The van der Waals surface area contributed by atoms with E-state index in [0.29, 0.717) is 0 Å². The number of hydrogen-bond donors (Lipinski definition) is 1. The molecule has 3 unspecified atom stereocenters. The first kappa shape index (κ1) is 22.2. The van der Waals surface area contributed by atoms with Gasteiger partial charge in [-0.1, -0.05) is 0 Å². The van der Waals surface area contributed by atoms with E-state index in [1.54, 1.807) is 14.2 Å². The van der Waals surface area contributed by atoms with Gasteiger partial charge in [-0.2, -0.15) is 0 Å². The van der Waals surface area contributed by atoms with Crippen LogP contribution in [0.15, 0.2) is 21.9 Å². The number of H-pyrrole nitrogens is 1. The molecule has 9 nitrogen and oxygen atoms in total. The first-order chi connectivity index (χ1) is 12.7. The Bertz CT molecular complexity index is 713. The highest BCUT2D eigenvalue weighted by Gasteiger charge is 2.47. The van der Waals surface area contributed by atoms with Crippen LogP contribution in [0.4, 0.5) is 0 Å². The molecule has 1 N–H and O–H groups in total. The van der Waals surface area contributed by atoms with Crippen LogP contribution in [0.5, 0.6) is 0 Å². The van der Waals surface area contributed by atoms with E-state index in [2.05, 4.69) is 37.3 Å². The smallest absolute Gasteiger partial charge is 0.330 e. The first-order valence-corrected chi connectivity index (χ1v) is 10.1. The Morgan fingerprint density at radius 1 is 1.19 bits per heavy atom. The van der Waals surface area contributed by atoms with Crippen molar-refractivity contribution in [1.82, 2.24) is 14.2 Å². The molecule has 1 aliphatic rings. The van der Waals surface area contributed by atoms with Crippen molar-refractivity contribution in [3.8, 4) is 0 Å². The average molecular weight is 403 g/mol. The molecule has 0 amide bonds. The molecular formula is C17H30N3O6P. The number of nitrogens with one attached hydrogen (secondary N) is 1. The lowest BCUT2D eigenvalue weighted by Crippen LogP contribution is -2.40. The Morgan fingerprint density at radius 2 is 1.81 bits per heavy atom. The summed E-state index contributed by atoms with van der Waals surface area (Å²) < 4.78 is 27.0. The number of rotatable bonds is 8. The summed E-state index contributed by atoms with van der Waals surface area (Å²) in [5.74, 6) is 0. The minimum absolute atomic E-state index is 0.229. The summed E-state index contributed by atoms with van der Waals surface area (Å²) in [6.45, 7) is 10.2. The topological polar surface area (TPSA) is 95.0 Å². The van der Waals surface area contributed by atoms with E-state index < -0.39 is 38.2 Å². The number of aromatic nitrogens is 2. The summed E-state index contributed by atoms with van der Waals surface area (Å²) in [5.41, 5.74) is -1.01. The summed E-state index contributed by atoms with van der Waals surface area (Å²) in [5, 5.41) is 0. The van der Waals surface area contributed by atoms with Gasteiger partial charge >= 0.3 is 5.69 Å². The zero-order chi connectivity index (χ0) is 20.3. The number of hydrogen-bond acceptors (Lipinski definition) is 7. The van der Waals surface area contributed by atoms with Crippen LogP contribution in [0, 0.1) is 0 Å². The standard InChI is InChI=1S/C17H30N3O6P/c1-10(2)20(11(3)4)27(24-7)26-14-12(5)25-16(15(14)23-6)19-9-8-13(21)18-17(19)22/h8-12,14-16H,1-7H3,(H,18,21,22)/t12-,14?,15?,16-,27?/m1/s1. The van der Waals surface area contributed by atoms with Gasteiger partial charge in [0, 0.05) is 38.6 Å². The van der Waals surface area contributed by atoms with Crippen molar-refractivity contribution in [3.05, 3.63) is 33.1 Å². The van der Waals surface area contributed by atoms with Gasteiger partial charge in [-0.3, -0.25) is 14.3 Å². The molecule has 1 saturated heterocycles. The van der Waals surface area contributed by atoms with E-state index >= 15 is 0 Å². The van der Waals surface area contributed by atoms with Gasteiger partial charge in [0.1, 0.15) is 12.2 Å². The minimum Gasteiger partial charge on any atom is -0.374 e. The van der Waals surface area contributed by atoms with Crippen LogP contribution in [0.25, 0.3) is 0 Å². The molecule has 0 saturated carbocycles. The third kappa shape index (κ3) is 4.85. The van der Waals surface area contributed by atoms with Crippen molar-refractivity contribution in [3.63, 3.8) is 0 Å². The minimum atomic E-state index is -1.34. The summed E-state index contributed by atoms with van der Waals surface area (Å²) in [6, 6.07) is 1.73. The summed E-state index contributed by atoms with van der Waals surface area (Å²) >= 11 is 0. The Kier molecular flexibility index (Phi) is 7.73. The van der Waals surface area contributed by atoms with Gasteiger partial charge < -0.3 is 18.5 Å². The van der Waals surface area contributed by atoms with E-state index in [0.717, 1.165) is 0 Å². The molecule has 0 radical (unpaired) electrons. The Labute approximate surface area is 160 Å². The molecule has 1 fully saturated rings. The third-order valence-corrected chi connectivity index (χ3v) is 6.47. The lowest BCUT2D eigenvalue weighted by Gasteiger charge is -2.37. The fourth-order valence-electron chi connectivity index (χ4n) is 3.32. The molecule has 0 spiro atoms. The summed E-state index contributed by atoms with van der Waals surface area (Å²) in [7, 11) is 1.82. The van der Waals surface area contributed by atoms with Crippen molar-refractivity contribution in [1.29, 1.82) is 0 Å². The number of nitrogens with zero attached hydrogens (tertiary/aromatic N) is 2. The van der Waals surface area contributed by atoms with Gasteiger partial charge in [-0.25, -0.2) is 9.46 Å². The maximum atomic E-state index is 12.2. The predicted octanol–water partition coefficient (Wildman–Crippen LogP) is 1.85. The van der Waals surface area contributed by atoms with Crippen LogP contribution in [0.3, 0.4) is 0 Å². The molecule has 0 bridgehead atoms. The number of aromatic amines is 1. The molecule has 1 aromatic heterocycles. The van der Waals surface area contributed by atoms with Gasteiger partial charge in [0.15, 0.2) is 6.23 Å². The highest BCUT2D eigenvalue weighted by Crippen LogP contribution is 2.49. The van der Waals surface area contributed by atoms with Crippen LogP contribution >= 0.6 is 8.53 Å². The zero-order valence-electron chi connectivity index (χ0n) is 16.9. The maximum absolute atomic E-state index is 12.2. The third-order valence-electron chi connectivity index (χ3n) is 4.43. The summed E-state index contributed by atoms with van der Waals surface area (Å²) in [6.07, 6.45) is -0.616. The van der Waals surface area contributed by atoms with Crippen molar-refractivity contribution < 1.29 is 18.5 Å². The Hall–Kier alpha value is -1.09. The van der Waals surface area contributed by atoms with E-state index in [-0.39, 0.29) is 18.2 Å². The highest BCUT2D eigenvalue weighted by atomic mass is 31.2. The molecule has 0 aromatic carbocycles. The van der Waals surface area contributed by atoms with E-state index in [4.69, 9.17) is 18.5 Å². The highest BCUT2D eigenvalue weighted by molar-refractivity contribution is 7.44. The normalized spacial score (nSPS) is 27.0. The molecule has 2 rings (SSSR count). The van der Waals surface area contributed by atoms with Crippen LogP contribution in [0.1, 0.15) is 40.8 Å². The van der Waals surface area contributed by atoms with Crippen LogP contribution in [-0.2, 0) is 18.5 Å². The molecule has 0 aliphatic carbocycles. The summed E-state index contributed by atoms with van der Waals surface area (Å²) in [4.78, 5) is 25.7. The lowest BCUT2D eigenvalue weighted by molar-refractivity contribution is -0.0510. The molecule has 154 valence electrons. The molecule has 1 aromatic rings. The maximum Gasteiger partial charge on any atom is 0.330 e. The van der Waals surface area contributed by atoms with Crippen molar-refractivity contribution in [2.45, 2.75) is 71.2 Å². The van der Waals surface area contributed by atoms with Crippen LogP contribution in [0.2, 0.25) is 0 Å². The quantitative estimate of drug-likeness (QED) is 0.662. The second kappa shape index (κ2) is 9.41. The van der Waals surface area contributed by atoms with Crippen molar-refractivity contribution in [2.24, 2.45) is 0 Å². The lowest BCUT2D eigenvalue weighted by atomic mass is 10.1. The van der Waals surface area contributed by atoms with Gasteiger partial charge in [0.2, 0.25) is 0 Å². The fraction of sp³-hybridized carbons (Fsp3) is 0.765. The monoisotopic (exact) mass is 403 g/mol. The van der Waals surface area contributed by atoms with Gasteiger partial charge in [0.05, 0.1) is 6.10 Å². The number of methoxy groups -OCH3 is 1. The molecule has 2 heterocycles.